The standard InChI is InChI=1S/C11H16N2O3S/c1-4-8-6-9(14)13-11(12-8)17-7(3)10(15)16-5-2/h6-7H,4-5H2,1-3H3,(H,12,13,14). The van der Waals surface area contributed by atoms with Gasteiger partial charge in [-0.2, -0.15) is 0 Å². The molecule has 0 radical (unpaired) electrons. The number of carbonyl (C=O) groups excluding carboxylic acids is 1. The van der Waals surface area contributed by atoms with Crippen LogP contribution in [0.4, 0.5) is 0 Å². The summed E-state index contributed by atoms with van der Waals surface area (Å²) in [5.74, 6) is -0.304. The predicted molar refractivity (Wildman–Crippen MR) is 66.2 cm³/mol. The summed E-state index contributed by atoms with van der Waals surface area (Å²) >= 11 is 1.19. The second-order valence-electron chi connectivity index (χ2n) is 3.41. The molecule has 5 nitrogen and oxygen atoms in total. The number of rotatable bonds is 5. The van der Waals surface area contributed by atoms with Crippen molar-refractivity contribution >= 4 is 17.7 Å². The Hall–Kier alpha value is -1.30. The molecule has 0 aliphatic heterocycles. The van der Waals surface area contributed by atoms with Crippen molar-refractivity contribution in [2.75, 3.05) is 6.61 Å². The van der Waals surface area contributed by atoms with Crippen LogP contribution in [0.3, 0.4) is 0 Å². The zero-order valence-corrected chi connectivity index (χ0v) is 11.0. The molecule has 0 fully saturated rings. The summed E-state index contributed by atoms with van der Waals surface area (Å²) in [7, 11) is 0. The average Bonchev–Trinajstić information content (AvgIpc) is 2.28. The maximum Gasteiger partial charge on any atom is 0.319 e. The second-order valence-corrected chi connectivity index (χ2v) is 4.74. The van der Waals surface area contributed by atoms with Crippen molar-refractivity contribution in [1.29, 1.82) is 0 Å². The van der Waals surface area contributed by atoms with Gasteiger partial charge in [0.05, 0.1) is 6.61 Å². The monoisotopic (exact) mass is 256 g/mol. The van der Waals surface area contributed by atoms with E-state index in [9.17, 15) is 9.59 Å². The summed E-state index contributed by atoms with van der Waals surface area (Å²) in [6.07, 6.45) is 0.686. The van der Waals surface area contributed by atoms with Gasteiger partial charge in [-0.25, -0.2) is 4.98 Å². The molecule has 17 heavy (non-hydrogen) atoms. The minimum Gasteiger partial charge on any atom is -0.465 e. The van der Waals surface area contributed by atoms with E-state index >= 15 is 0 Å². The van der Waals surface area contributed by atoms with Crippen LogP contribution < -0.4 is 5.56 Å². The summed E-state index contributed by atoms with van der Waals surface area (Å²) in [6, 6.07) is 1.46. The van der Waals surface area contributed by atoms with Gasteiger partial charge in [-0.15, -0.1) is 0 Å². The number of aromatic nitrogens is 2. The number of carbonyl (C=O) groups is 1. The molecular formula is C11H16N2O3S. The molecular weight excluding hydrogens is 240 g/mol. The van der Waals surface area contributed by atoms with E-state index < -0.39 is 0 Å². The molecule has 0 saturated carbocycles. The molecule has 1 N–H and O–H groups in total. The molecule has 0 aliphatic carbocycles. The lowest BCUT2D eigenvalue weighted by Gasteiger charge is -2.09. The highest BCUT2D eigenvalue weighted by atomic mass is 32.2. The van der Waals surface area contributed by atoms with Crippen LogP contribution in [0.1, 0.15) is 26.5 Å². The van der Waals surface area contributed by atoms with Crippen LogP contribution in [0, 0.1) is 0 Å². The largest absolute Gasteiger partial charge is 0.465 e. The highest BCUT2D eigenvalue weighted by Crippen LogP contribution is 2.19. The van der Waals surface area contributed by atoms with Gasteiger partial charge in [0.2, 0.25) is 0 Å². The third-order valence-electron chi connectivity index (χ3n) is 2.04. The van der Waals surface area contributed by atoms with Crippen LogP contribution in [0.25, 0.3) is 0 Å². The average molecular weight is 256 g/mol. The number of hydrogen-bond donors (Lipinski definition) is 1. The lowest BCUT2D eigenvalue weighted by Crippen LogP contribution is -2.18. The Morgan fingerprint density at radius 3 is 2.88 bits per heavy atom. The van der Waals surface area contributed by atoms with Crippen LogP contribution in [0.15, 0.2) is 16.0 Å². The second kappa shape index (κ2) is 6.44. The summed E-state index contributed by atoms with van der Waals surface area (Å²) in [6.45, 7) is 5.75. The highest BCUT2D eigenvalue weighted by Gasteiger charge is 2.16. The van der Waals surface area contributed by atoms with Crippen molar-refractivity contribution < 1.29 is 9.53 Å². The van der Waals surface area contributed by atoms with Gasteiger partial charge in [0.25, 0.3) is 5.56 Å². The molecule has 6 heteroatoms. The number of hydrogen-bond acceptors (Lipinski definition) is 5. The van der Waals surface area contributed by atoms with Gasteiger partial charge in [-0.05, 0) is 20.3 Å². The zero-order valence-electron chi connectivity index (χ0n) is 10.1. The summed E-state index contributed by atoms with van der Waals surface area (Å²) in [4.78, 5) is 29.6. The van der Waals surface area contributed by atoms with E-state index in [4.69, 9.17) is 4.74 Å². The SMILES string of the molecule is CCOC(=O)C(C)Sc1nc(CC)cc(=O)[nH]1. The first-order valence-corrected chi connectivity index (χ1v) is 6.38. The first kappa shape index (κ1) is 13.8. The Kier molecular flexibility index (Phi) is 5.21. The van der Waals surface area contributed by atoms with Gasteiger partial charge in [0.15, 0.2) is 5.16 Å². The number of nitrogens with one attached hydrogen (secondary N) is 1. The lowest BCUT2D eigenvalue weighted by atomic mass is 10.3. The van der Waals surface area contributed by atoms with E-state index in [1.165, 1.54) is 17.8 Å². The highest BCUT2D eigenvalue weighted by molar-refractivity contribution is 8.00. The zero-order chi connectivity index (χ0) is 12.8. The summed E-state index contributed by atoms with van der Waals surface area (Å²) in [5.41, 5.74) is 0.516. The molecule has 0 saturated heterocycles. The van der Waals surface area contributed by atoms with Gasteiger partial charge in [-0.3, -0.25) is 9.59 Å². The maximum absolute atomic E-state index is 11.4. The van der Waals surface area contributed by atoms with Gasteiger partial charge < -0.3 is 9.72 Å². The van der Waals surface area contributed by atoms with Crippen molar-refractivity contribution in [3.8, 4) is 0 Å². The van der Waals surface area contributed by atoms with Gasteiger partial charge in [-0.1, -0.05) is 18.7 Å². The fourth-order valence-electron chi connectivity index (χ4n) is 1.20. The molecule has 0 aliphatic rings. The molecule has 1 heterocycles. The van der Waals surface area contributed by atoms with Crippen LogP contribution >= 0.6 is 11.8 Å². The summed E-state index contributed by atoms with van der Waals surface area (Å²) in [5, 5.41) is 0.0695. The molecule has 1 atom stereocenters. The third kappa shape index (κ3) is 4.22. The molecule has 0 amide bonds. The van der Waals surface area contributed by atoms with Crippen molar-refractivity contribution in [2.24, 2.45) is 0 Å². The Morgan fingerprint density at radius 1 is 1.59 bits per heavy atom. The van der Waals surface area contributed by atoms with E-state index in [0.29, 0.717) is 23.9 Å². The quantitative estimate of drug-likeness (QED) is 0.489. The fraction of sp³-hybridized carbons (Fsp3) is 0.545. The van der Waals surface area contributed by atoms with E-state index in [2.05, 4.69) is 9.97 Å². The molecule has 0 bridgehead atoms. The number of aryl methyl sites for hydroxylation is 1. The van der Waals surface area contributed by atoms with Crippen molar-refractivity contribution in [1.82, 2.24) is 9.97 Å². The Labute approximate surface area is 104 Å². The number of ether oxygens (including phenoxy) is 1. The van der Waals surface area contributed by atoms with Gasteiger partial charge in [0, 0.05) is 11.8 Å². The predicted octanol–water partition coefficient (Wildman–Crippen LogP) is 1.38. The Balaban J connectivity index is 2.77. The van der Waals surface area contributed by atoms with E-state index in [-0.39, 0.29) is 16.8 Å². The Bertz CT molecular complexity index is 445. The number of H-pyrrole nitrogens is 1. The van der Waals surface area contributed by atoms with Crippen molar-refractivity contribution in [3.05, 3.63) is 22.1 Å². The molecule has 1 aromatic heterocycles. The Morgan fingerprint density at radius 2 is 2.29 bits per heavy atom. The minimum atomic E-state index is -0.384. The molecule has 1 rings (SSSR count). The van der Waals surface area contributed by atoms with E-state index in [1.807, 2.05) is 6.92 Å². The molecule has 0 aromatic carbocycles. The van der Waals surface area contributed by atoms with Crippen LogP contribution in [-0.2, 0) is 16.0 Å². The third-order valence-corrected chi connectivity index (χ3v) is 3.00. The minimum absolute atomic E-state index is 0.199. The first-order valence-electron chi connectivity index (χ1n) is 5.50. The van der Waals surface area contributed by atoms with Crippen LogP contribution in [0.5, 0.6) is 0 Å². The maximum atomic E-state index is 11.4. The van der Waals surface area contributed by atoms with Gasteiger partial charge >= 0.3 is 5.97 Å². The topological polar surface area (TPSA) is 72.0 Å². The molecule has 0 spiro atoms. The summed E-state index contributed by atoms with van der Waals surface area (Å²) < 4.78 is 4.88. The first-order chi connectivity index (χ1) is 8.06. The molecule has 94 valence electrons. The van der Waals surface area contributed by atoms with E-state index in [0.717, 1.165) is 0 Å². The normalized spacial score (nSPS) is 12.2. The fourth-order valence-corrected chi connectivity index (χ4v) is 2.02. The number of nitrogens with zero attached hydrogens (tertiary/aromatic N) is 1. The van der Waals surface area contributed by atoms with Crippen LogP contribution in [-0.4, -0.2) is 27.8 Å². The van der Waals surface area contributed by atoms with E-state index in [1.54, 1.807) is 13.8 Å². The molecule has 1 aromatic rings. The smallest absolute Gasteiger partial charge is 0.319 e. The van der Waals surface area contributed by atoms with Crippen LogP contribution in [0.2, 0.25) is 0 Å². The van der Waals surface area contributed by atoms with Gasteiger partial charge in [0.1, 0.15) is 5.25 Å². The van der Waals surface area contributed by atoms with Crippen molar-refractivity contribution in [2.45, 2.75) is 37.6 Å². The number of esters is 1. The lowest BCUT2D eigenvalue weighted by molar-refractivity contribution is -0.142. The number of thioether (sulfide) groups is 1. The number of aromatic amines is 1. The van der Waals surface area contributed by atoms with Crippen molar-refractivity contribution in [3.63, 3.8) is 0 Å². The molecule has 1 unspecified atom stereocenters.